The van der Waals surface area contributed by atoms with Gasteiger partial charge in [0.15, 0.2) is 12.4 Å². The molecule has 27 heavy (non-hydrogen) atoms. The van der Waals surface area contributed by atoms with Crippen LogP contribution in [0.5, 0.6) is 0 Å². The second-order valence-corrected chi connectivity index (χ2v) is 7.01. The van der Waals surface area contributed by atoms with Gasteiger partial charge in [0.25, 0.3) is 5.92 Å². The molecule has 144 valence electrons. The van der Waals surface area contributed by atoms with Crippen LogP contribution in [0.3, 0.4) is 0 Å². The summed E-state index contributed by atoms with van der Waals surface area (Å²) in [6, 6.07) is 5.36. The van der Waals surface area contributed by atoms with E-state index in [1.807, 2.05) is 0 Å². The van der Waals surface area contributed by atoms with Crippen molar-refractivity contribution in [1.82, 2.24) is 9.88 Å². The van der Waals surface area contributed by atoms with E-state index in [0.717, 1.165) is 0 Å². The van der Waals surface area contributed by atoms with Crippen LogP contribution >= 0.6 is 11.6 Å². The third-order valence-electron chi connectivity index (χ3n) is 4.80. The Kier molecular flexibility index (Phi) is 5.57. The molecule has 0 bridgehead atoms. The maximum absolute atomic E-state index is 14.4. The molecule has 1 aliphatic rings. The van der Waals surface area contributed by atoms with Crippen molar-refractivity contribution in [2.45, 2.75) is 31.2 Å². The Morgan fingerprint density at radius 1 is 1.41 bits per heavy atom. The fourth-order valence-corrected chi connectivity index (χ4v) is 3.24. The first-order valence-corrected chi connectivity index (χ1v) is 8.87. The van der Waals surface area contributed by atoms with Crippen LogP contribution in [-0.2, 0) is 4.79 Å². The van der Waals surface area contributed by atoms with Gasteiger partial charge < -0.3 is 10.5 Å². The first-order valence-electron chi connectivity index (χ1n) is 8.49. The minimum atomic E-state index is -2.90. The zero-order chi connectivity index (χ0) is 19.6. The fourth-order valence-electron chi connectivity index (χ4n) is 3.13. The van der Waals surface area contributed by atoms with Crippen LogP contribution in [-0.4, -0.2) is 40.8 Å². The van der Waals surface area contributed by atoms with E-state index in [9.17, 15) is 18.8 Å². The topological polar surface area (TPSA) is 72.2 Å². The second kappa shape index (κ2) is 7.74. The van der Waals surface area contributed by atoms with Crippen LogP contribution < -0.4 is 10.0 Å². The summed E-state index contributed by atoms with van der Waals surface area (Å²) in [4.78, 5) is 18.2. The van der Waals surface area contributed by atoms with E-state index in [1.54, 1.807) is 24.0 Å². The Hall–Kier alpha value is -2.32. The number of piperidine rings is 1. The van der Waals surface area contributed by atoms with Crippen LogP contribution in [0.4, 0.5) is 14.6 Å². The number of amides is 1. The molecule has 1 aliphatic heterocycles. The van der Waals surface area contributed by atoms with Gasteiger partial charge in [-0.25, -0.2) is 13.8 Å². The van der Waals surface area contributed by atoms with E-state index >= 15 is 0 Å². The molecule has 0 saturated carbocycles. The lowest BCUT2D eigenvalue weighted by Gasteiger charge is -2.40. The number of hydrogen-bond donors (Lipinski definition) is 1. The van der Waals surface area contributed by atoms with Gasteiger partial charge in [-0.15, -0.1) is 0 Å². The molecule has 6 nitrogen and oxygen atoms in total. The minimum Gasteiger partial charge on any atom is -0.619 e. The molecule has 1 amide bonds. The molecule has 3 rings (SSSR count). The highest BCUT2D eigenvalue weighted by Gasteiger charge is 2.46. The molecule has 0 aromatic carbocycles. The van der Waals surface area contributed by atoms with Crippen molar-refractivity contribution in [1.29, 1.82) is 0 Å². The molecule has 9 heteroatoms. The monoisotopic (exact) mass is 396 g/mol. The number of likely N-dealkylation sites (tertiary alicyclic amines) is 1. The molecule has 0 spiro atoms. The zero-order valence-corrected chi connectivity index (χ0v) is 15.4. The van der Waals surface area contributed by atoms with Gasteiger partial charge in [-0.1, -0.05) is 11.6 Å². The molecule has 2 aromatic rings. The van der Waals surface area contributed by atoms with Crippen LogP contribution in [0.15, 0.2) is 42.9 Å². The number of halogens is 3. The van der Waals surface area contributed by atoms with E-state index in [2.05, 4.69) is 10.3 Å². The molecule has 3 heterocycles. The quantitative estimate of drug-likeness (QED) is 0.637. The summed E-state index contributed by atoms with van der Waals surface area (Å²) in [5.74, 6) is -3.98. The third kappa shape index (κ3) is 4.51. The highest BCUT2D eigenvalue weighted by atomic mass is 35.5. The minimum absolute atomic E-state index is 0.0124. The highest BCUT2D eigenvalue weighted by Crippen LogP contribution is 2.40. The number of alkyl halides is 2. The second-order valence-electron chi connectivity index (χ2n) is 6.58. The number of carbonyl (C=O) groups is 1. The predicted molar refractivity (Wildman–Crippen MR) is 96.6 cm³/mol. The number of aromatic nitrogens is 2. The Labute approximate surface area is 160 Å². The van der Waals surface area contributed by atoms with Gasteiger partial charge in [0.1, 0.15) is 5.82 Å². The zero-order valence-electron chi connectivity index (χ0n) is 14.6. The van der Waals surface area contributed by atoms with Crippen molar-refractivity contribution in [3.05, 3.63) is 58.6 Å². The van der Waals surface area contributed by atoms with Crippen molar-refractivity contribution in [3.63, 3.8) is 0 Å². The van der Waals surface area contributed by atoms with E-state index in [1.165, 1.54) is 30.7 Å². The Balaban J connectivity index is 1.71. The molecule has 2 aromatic heterocycles. The van der Waals surface area contributed by atoms with Gasteiger partial charge in [-0.2, -0.15) is 4.73 Å². The number of hydrogen-bond acceptors (Lipinski definition) is 4. The summed E-state index contributed by atoms with van der Waals surface area (Å²) in [6.07, 6.45) is 3.46. The molecule has 1 N–H and O–H groups in total. The molecule has 1 fully saturated rings. The highest BCUT2D eigenvalue weighted by molar-refractivity contribution is 6.30. The first-order chi connectivity index (χ1) is 12.8. The largest absolute Gasteiger partial charge is 0.619 e. The predicted octanol–water partition coefficient (Wildman–Crippen LogP) is 2.82. The standard InChI is InChI=1S/C18H19ClF2N4O2/c1-12(17(26)23-16-3-2-14(19)10-22-16)24-9-6-18(20,21)15(11-24)13-4-7-25(27)8-5-13/h2-5,7-8,10,12,15H,6,9,11H2,1H3,(H,22,23,26)/t12-,15+/m0/s1. The van der Waals surface area contributed by atoms with Gasteiger partial charge in [0, 0.05) is 37.8 Å². The molecule has 2 atom stereocenters. The molecular weight excluding hydrogens is 378 g/mol. The Morgan fingerprint density at radius 3 is 2.74 bits per heavy atom. The van der Waals surface area contributed by atoms with E-state index in [4.69, 9.17) is 11.6 Å². The number of rotatable bonds is 4. The lowest BCUT2D eigenvalue weighted by atomic mass is 9.87. The van der Waals surface area contributed by atoms with Crippen LogP contribution in [0.25, 0.3) is 0 Å². The van der Waals surface area contributed by atoms with Crippen molar-refractivity contribution in [3.8, 4) is 0 Å². The summed E-state index contributed by atoms with van der Waals surface area (Å²) in [7, 11) is 0. The van der Waals surface area contributed by atoms with Gasteiger partial charge >= 0.3 is 0 Å². The van der Waals surface area contributed by atoms with Crippen molar-refractivity contribution in [2.75, 3.05) is 18.4 Å². The summed E-state index contributed by atoms with van der Waals surface area (Å²) in [5.41, 5.74) is 0.378. The van der Waals surface area contributed by atoms with Crippen LogP contribution in [0.2, 0.25) is 5.02 Å². The van der Waals surface area contributed by atoms with E-state index in [-0.39, 0.29) is 25.4 Å². The average Bonchev–Trinajstić information content (AvgIpc) is 2.64. The van der Waals surface area contributed by atoms with Crippen molar-refractivity contribution in [2.24, 2.45) is 0 Å². The summed E-state index contributed by atoms with van der Waals surface area (Å²) < 4.78 is 29.4. The molecular formula is C18H19ClF2N4O2. The van der Waals surface area contributed by atoms with Gasteiger partial charge in [0.05, 0.1) is 17.0 Å². The molecule has 0 unspecified atom stereocenters. The molecule has 0 aliphatic carbocycles. The fraction of sp³-hybridized carbons (Fsp3) is 0.389. The number of nitrogens with one attached hydrogen (secondary N) is 1. The summed E-state index contributed by atoms with van der Waals surface area (Å²) >= 11 is 5.77. The number of anilines is 1. The van der Waals surface area contributed by atoms with Gasteiger partial charge in [-0.05, 0) is 24.6 Å². The molecule has 0 radical (unpaired) electrons. The van der Waals surface area contributed by atoms with Gasteiger partial charge in [-0.3, -0.25) is 9.69 Å². The smallest absolute Gasteiger partial charge is 0.257 e. The normalized spacial score (nSPS) is 20.8. The van der Waals surface area contributed by atoms with E-state index < -0.39 is 17.9 Å². The van der Waals surface area contributed by atoms with E-state index in [0.29, 0.717) is 21.1 Å². The third-order valence-corrected chi connectivity index (χ3v) is 5.02. The van der Waals surface area contributed by atoms with Crippen LogP contribution in [0.1, 0.15) is 24.8 Å². The first kappa shape index (κ1) is 19.4. The number of carbonyl (C=O) groups excluding carboxylic acids is 1. The maximum Gasteiger partial charge on any atom is 0.257 e. The molecule has 1 saturated heterocycles. The van der Waals surface area contributed by atoms with Crippen molar-refractivity contribution >= 4 is 23.3 Å². The SMILES string of the molecule is C[C@@H](C(=O)Nc1ccc(Cl)cn1)N1CCC(F)(F)[C@@H](c2cc[n+]([O-])cc2)C1. The Morgan fingerprint density at radius 2 is 2.11 bits per heavy atom. The van der Waals surface area contributed by atoms with Gasteiger partial charge in [0.2, 0.25) is 5.91 Å². The maximum atomic E-state index is 14.4. The Bertz CT molecular complexity index is 802. The number of pyridine rings is 2. The number of nitrogens with zero attached hydrogens (tertiary/aromatic N) is 3. The average molecular weight is 397 g/mol. The summed E-state index contributed by atoms with van der Waals surface area (Å²) in [5, 5.41) is 14.3. The lowest BCUT2D eigenvalue weighted by Crippen LogP contribution is -2.52. The summed E-state index contributed by atoms with van der Waals surface area (Å²) in [6.45, 7) is 1.78. The lowest BCUT2D eigenvalue weighted by molar-refractivity contribution is -0.605. The van der Waals surface area contributed by atoms with Crippen molar-refractivity contribution < 1.29 is 18.3 Å². The van der Waals surface area contributed by atoms with Crippen LogP contribution in [0, 0.1) is 5.21 Å².